The van der Waals surface area contributed by atoms with Crippen LogP contribution in [0.1, 0.15) is 17.3 Å². The lowest BCUT2D eigenvalue weighted by atomic mass is 10.2. The van der Waals surface area contributed by atoms with E-state index in [-0.39, 0.29) is 10.6 Å². The van der Waals surface area contributed by atoms with Gasteiger partial charge >= 0.3 is 5.97 Å². The van der Waals surface area contributed by atoms with Gasteiger partial charge in [0, 0.05) is 5.69 Å². The summed E-state index contributed by atoms with van der Waals surface area (Å²) in [4.78, 5) is 24.4. The maximum absolute atomic E-state index is 12.3. The Bertz CT molecular complexity index is 794. The van der Waals surface area contributed by atoms with Crippen molar-refractivity contribution in [3.63, 3.8) is 0 Å². The third-order valence-corrected chi connectivity index (χ3v) is 3.81. The molecule has 3 rings (SSSR count). The van der Waals surface area contributed by atoms with E-state index in [0.29, 0.717) is 30.4 Å². The summed E-state index contributed by atoms with van der Waals surface area (Å²) >= 11 is 6.11. The van der Waals surface area contributed by atoms with Gasteiger partial charge in [0.1, 0.15) is 13.2 Å². The Hall–Kier alpha value is -2.73. The highest BCUT2D eigenvalue weighted by molar-refractivity contribution is 6.32. The van der Waals surface area contributed by atoms with Crippen LogP contribution in [0, 0.1) is 0 Å². The minimum atomic E-state index is -0.973. The minimum absolute atomic E-state index is 0.189. The number of carbonyl (C=O) groups excluding carboxylic acids is 2. The molecular weight excluding hydrogens is 346 g/mol. The first-order chi connectivity index (χ1) is 12.0. The van der Waals surface area contributed by atoms with E-state index in [1.54, 1.807) is 24.3 Å². The molecule has 2 aromatic rings. The van der Waals surface area contributed by atoms with Gasteiger partial charge in [-0.1, -0.05) is 29.8 Å². The van der Waals surface area contributed by atoms with Gasteiger partial charge in [-0.2, -0.15) is 0 Å². The van der Waals surface area contributed by atoms with Crippen LogP contribution in [0.5, 0.6) is 11.5 Å². The molecule has 1 aliphatic rings. The number of fused-ring (bicyclic) bond motifs is 1. The first-order valence-corrected chi connectivity index (χ1v) is 8.08. The molecule has 130 valence electrons. The summed E-state index contributed by atoms with van der Waals surface area (Å²) in [5, 5.41) is 2.93. The second kappa shape index (κ2) is 7.44. The zero-order chi connectivity index (χ0) is 17.8. The highest BCUT2D eigenvalue weighted by Crippen LogP contribution is 2.38. The van der Waals surface area contributed by atoms with Gasteiger partial charge in [0.2, 0.25) is 0 Å². The average Bonchev–Trinajstić information content (AvgIpc) is 2.62. The number of carbonyl (C=O) groups is 2. The lowest BCUT2D eigenvalue weighted by Crippen LogP contribution is -2.30. The lowest BCUT2D eigenvalue weighted by molar-refractivity contribution is -0.123. The van der Waals surface area contributed by atoms with E-state index in [4.69, 9.17) is 25.8 Å². The summed E-state index contributed by atoms with van der Waals surface area (Å²) in [6, 6.07) is 11.8. The number of hydrogen-bond donors (Lipinski definition) is 1. The largest absolute Gasteiger partial charge is 0.486 e. The number of ether oxygens (including phenoxy) is 3. The van der Waals surface area contributed by atoms with Crippen molar-refractivity contribution in [2.75, 3.05) is 18.5 Å². The van der Waals surface area contributed by atoms with Crippen molar-refractivity contribution in [2.24, 2.45) is 0 Å². The summed E-state index contributed by atoms with van der Waals surface area (Å²) in [6.07, 6.45) is -0.973. The highest BCUT2D eigenvalue weighted by Gasteiger charge is 2.23. The summed E-state index contributed by atoms with van der Waals surface area (Å²) in [7, 11) is 0. The third-order valence-electron chi connectivity index (χ3n) is 3.53. The molecule has 0 unspecified atom stereocenters. The SMILES string of the molecule is C[C@H](OC(=O)c1cc(Cl)c2c(c1)OCCO2)C(=O)Nc1ccccc1. The number of para-hydroxylation sites is 1. The molecule has 1 atom stereocenters. The van der Waals surface area contributed by atoms with Crippen molar-refractivity contribution in [2.45, 2.75) is 13.0 Å². The van der Waals surface area contributed by atoms with Gasteiger partial charge < -0.3 is 19.5 Å². The molecule has 25 heavy (non-hydrogen) atoms. The number of rotatable bonds is 4. The summed E-state index contributed by atoms with van der Waals surface area (Å²) in [6.45, 7) is 2.26. The normalized spacial score (nSPS) is 13.7. The van der Waals surface area contributed by atoms with Crippen molar-refractivity contribution < 1.29 is 23.8 Å². The van der Waals surface area contributed by atoms with Crippen LogP contribution in [0.2, 0.25) is 5.02 Å². The van der Waals surface area contributed by atoms with Crippen molar-refractivity contribution in [1.82, 2.24) is 0 Å². The average molecular weight is 362 g/mol. The zero-order valence-electron chi connectivity index (χ0n) is 13.5. The molecule has 0 spiro atoms. The molecule has 1 amide bonds. The Morgan fingerprint density at radius 3 is 2.64 bits per heavy atom. The van der Waals surface area contributed by atoms with E-state index in [1.807, 2.05) is 6.07 Å². The van der Waals surface area contributed by atoms with Crippen LogP contribution in [0.15, 0.2) is 42.5 Å². The number of nitrogens with one attached hydrogen (secondary N) is 1. The Balaban J connectivity index is 1.67. The molecule has 0 aromatic heterocycles. The smallest absolute Gasteiger partial charge is 0.339 e. The van der Waals surface area contributed by atoms with Gasteiger partial charge in [-0.05, 0) is 31.2 Å². The van der Waals surface area contributed by atoms with Crippen LogP contribution in [0.3, 0.4) is 0 Å². The minimum Gasteiger partial charge on any atom is -0.486 e. The maximum Gasteiger partial charge on any atom is 0.339 e. The molecule has 1 heterocycles. The van der Waals surface area contributed by atoms with Crippen molar-refractivity contribution >= 4 is 29.2 Å². The van der Waals surface area contributed by atoms with Crippen molar-refractivity contribution in [1.29, 1.82) is 0 Å². The fourth-order valence-electron chi connectivity index (χ4n) is 2.28. The van der Waals surface area contributed by atoms with Gasteiger partial charge in [-0.25, -0.2) is 4.79 Å². The van der Waals surface area contributed by atoms with Gasteiger partial charge in [-0.15, -0.1) is 0 Å². The predicted octanol–water partition coefficient (Wildman–Crippen LogP) is 3.30. The summed E-state index contributed by atoms with van der Waals surface area (Å²) < 4.78 is 16.0. The van der Waals surface area contributed by atoms with E-state index in [2.05, 4.69) is 5.32 Å². The fourth-order valence-corrected chi connectivity index (χ4v) is 2.54. The van der Waals surface area contributed by atoms with Crippen LogP contribution >= 0.6 is 11.6 Å². The Kier molecular flexibility index (Phi) is 5.09. The first kappa shape index (κ1) is 17.1. The van der Waals surface area contributed by atoms with Gasteiger partial charge in [0.25, 0.3) is 5.91 Å². The molecule has 2 aromatic carbocycles. The second-order valence-corrected chi connectivity index (χ2v) is 5.79. The van der Waals surface area contributed by atoms with Crippen LogP contribution in [0.25, 0.3) is 0 Å². The number of amides is 1. The molecule has 1 aliphatic heterocycles. The molecule has 0 saturated heterocycles. The standard InChI is InChI=1S/C18H16ClNO5/c1-11(17(21)20-13-5-3-2-4-6-13)25-18(22)12-9-14(19)16-15(10-12)23-7-8-24-16/h2-6,9-11H,7-8H2,1H3,(H,20,21)/t11-/m0/s1. The van der Waals surface area contributed by atoms with Gasteiger partial charge in [0.05, 0.1) is 10.6 Å². The Morgan fingerprint density at radius 2 is 1.88 bits per heavy atom. The molecule has 0 radical (unpaired) electrons. The van der Waals surface area contributed by atoms with Crippen molar-refractivity contribution in [3.8, 4) is 11.5 Å². The quantitative estimate of drug-likeness (QED) is 0.846. The molecule has 1 N–H and O–H groups in total. The molecule has 6 nitrogen and oxygen atoms in total. The summed E-state index contributed by atoms with van der Waals surface area (Å²) in [5.41, 5.74) is 0.811. The fraction of sp³-hybridized carbons (Fsp3) is 0.222. The van der Waals surface area contributed by atoms with E-state index >= 15 is 0 Å². The number of benzene rings is 2. The lowest BCUT2D eigenvalue weighted by Gasteiger charge is -2.20. The first-order valence-electron chi connectivity index (χ1n) is 7.70. The van der Waals surface area contributed by atoms with Crippen molar-refractivity contribution in [3.05, 3.63) is 53.1 Å². The maximum atomic E-state index is 12.3. The Morgan fingerprint density at radius 1 is 1.16 bits per heavy atom. The van der Waals surface area contributed by atoms with E-state index in [9.17, 15) is 9.59 Å². The molecule has 0 saturated carbocycles. The van der Waals surface area contributed by atoms with Gasteiger partial charge in [-0.3, -0.25) is 4.79 Å². The van der Waals surface area contributed by atoms with Crippen LogP contribution in [-0.2, 0) is 9.53 Å². The van der Waals surface area contributed by atoms with E-state index in [1.165, 1.54) is 19.1 Å². The monoisotopic (exact) mass is 361 g/mol. The molecule has 7 heteroatoms. The van der Waals surface area contributed by atoms with Crippen LogP contribution in [0.4, 0.5) is 5.69 Å². The zero-order valence-corrected chi connectivity index (χ0v) is 14.2. The molecule has 0 bridgehead atoms. The van der Waals surface area contributed by atoms with Crippen LogP contribution < -0.4 is 14.8 Å². The summed E-state index contributed by atoms with van der Waals surface area (Å²) in [5.74, 6) is -0.316. The number of anilines is 1. The third kappa shape index (κ3) is 4.03. The molecule has 0 aliphatic carbocycles. The second-order valence-electron chi connectivity index (χ2n) is 5.39. The van der Waals surface area contributed by atoms with E-state index in [0.717, 1.165) is 0 Å². The highest BCUT2D eigenvalue weighted by atomic mass is 35.5. The Labute approximate surface area is 149 Å². The van der Waals surface area contributed by atoms with Gasteiger partial charge in [0.15, 0.2) is 17.6 Å². The predicted molar refractivity (Wildman–Crippen MR) is 92.4 cm³/mol. The molecule has 0 fully saturated rings. The van der Waals surface area contributed by atoms with Crippen LogP contribution in [-0.4, -0.2) is 31.2 Å². The number of esters is 1. The molecular formula is C18H16ClNO5. The topological polar surface area (TPSA) is 73.9 Å². The number of hydrogen-bond acceptors (Lipinski definition) is 5. The number of halogens is 1. The van der Waals surface area contributed by atoms with E-state index < -0.39 is 18.0 Å².